The summed E-state index contributed by atoms with van der Waals surface area (Å²) in [5.74, 6) is 0. The minimum absolute atomic E-state index is 0. The van der Waals surface area contributed by atoms with E-state index in [2.05, 4.69) is 16.0 Å². The molecule has 0 atom stereocenters. The van der Waals surface area contributed by atoms with Crippen molar-refractivity contribution in [3.63, 3.8) is 0 Å². The smallest absolute Gasteiger partial charge is 0.102 e. The van der Waals surface area contributed by atoms with Crippen LogP contribution in [0.1, 0.15) is 28.3 Å². The molecule has 33 heavy (non-hydrogen) atoms. The number of hydrogen-bond donors (Lipinski definition) is 2. The van der Waals surface area contributed by atoms with Crippen LogP contribution in [0.5, 0.6) is 0 Å². The van der Waals surface area contributed by atoms with Crippen molar-refractivity contribution in [1.29, 1.82) is 5.26 Å². The van der Waals surface area contributed by atoms with E-state index in [1.165, 1.54) is 0 Å². The number of nitriles is 1. The average molecular weight is 513 g/mol. The molecule has 0 saturated heterocycles. The second-order valence-electron chi connectivity index (χ2n) is 7.72. The van der Waals surface area contributed by atoms with Gasteiger partial charge in [-0.2, -0.15) is 5.26 Å². The summed E-state index contributed by atoms with van der Waals surface area (Å²) < 4.78 is 0. The number of nitrogens with one attached hydrogen (secondary N) is 2. The second-order valence-corrected chi connectivity index (χ2v) is 7.72. The SMILES string of the molecule is N#CC1=C(c2ccccc2)c2cc3nc(cc4ccc(cc5ccc(cc1n2)[nH]5)[nH]4)C=C3.[Ru]. The number of fused-ring (bicyclic) bond motifs is 8. The fourth-order valence-corrected chi connectivity index (χ4v) is 4.08. The summed E-state index contributed by atoms with van der Waals surface area (Å²) in [7, 11) is 0. The minimum Gasteiger partial charge on any atom is -0.355 e. The van der Waals surface area contributed by atoms with Crippen LogP contribution in [0.15, 0.2) is 78.9 Å². The quantitative estimate of drug-likeness (QED) is 0.272. The molecule has 0 saturated carbocycles. The van der Waals surface area contributed by atoms with Crippen LogP contribution in [0.2, 0.25) is 0 Å². The number of benzene rings is 1. The van der Waals surface area contributed by atoms with Gasteiger partial charge in [0, 0.05) is 47.1 Å². The summed E-state index contributed by atoms with van der Waals surface area (Å²) in [6.45, 7) is 0. The van der Waals surface area contributed by atoms with Crippen LogP contribution in [0, 0.1) is 11.3 Å². The van der Waals surface area contributed by atoms with Gasteiger partial charge in [0.1, 0.15) is 6.07 Å². The third-order valence-corrected chi connectivity index (χ3v) is 5.51. The van der Waals surface area contributed by atoms with E-state index in [1.807, 2.05) is 91.0 Å². The number of hydrogen-bond acceptors (Lipinski definition) is 3. The van der Waals surface area contributed by atoms with Gasteiger partial charge in [-0.05, 0) is 66.2 Å². The van der Waals surface area contributed by atoms with E-state index in [0.29, 0.717) is 11.3 Å². The van der Waals surface area contributed by atoms with E-state index < -0.39 is 0 Å². The Hall–Kier alpha value is -4.07. The minimum atomic E-state index is 0. The normalized spacial score (nSPS) is 12.3. The third kappa shape index (κ3) is 3.95. The summed E-state index contributed by atoms with van der Waals surface area (Å²) in [6.07, 6.45) is 3.95. The summed E-state index contributed by atoms with van der Waals surface area (Å²) in [4.78, 5) is 16.4. The molecule has 0 spiro atoms. The molecule has 0 fully saturated rings. The third-order valence-electron chi connectivity index (χ3n) is 5.51. The second kappa shape index (κ2) is 8.46. The Morgan fingerprint density at radius 2 is 1.24 bits per heavy atom. The molecule has 0 aliphatic carbocycles. The number of nitrogens with zero attached hydrogens (tertiary/aromatic N) is 3. The molecule has 2 aliphatic heterocycles. The summed E-state index contributed by atoms with van der Waals surface area (Å²) >= 11 is 0. The van der Waals surface area contributed by atoms with Crippen LogP contribution in [0.3, 0.4) is 0 Å². The monoisotopic (exact) mass is 513 g/mol. The summed E-state index contributed by atoms with van der Waals surface area (Å²) in [5.41, 5.74) is 9.19. The van der Waals surface area contributed by atoms with Gasteiger partial charge in [-0.15, -0.1) is 0 Å². The zero-order valence-electron chi connectivity index (χ0n) is 17.4. The number of allylic oxidation sites excluding steroid dienone is 1. The van der Waals surface area contributed by atoms with E-state index in [1.54, 1.807) is 0 Å². The first-order valence-corrected chi connectivity index (χ1v) is 10.3. The predicted molar refractivity (Wildman–Crippen MR) is 128 cm³/mol. The Bertz CT molecular complexity index is 1630. The molecule has 5 nitrogen and oxygen atoms in total. The first-order valence-electron chi connectivity index (χ1n) is 10.3. The Kier molecular flexibility index (Phi) is 5.34. The molecular formula is C27H17N5Ru. The fourth-order valence-electron chi connectivity index (χ4n) is 4.08. The van der Waals surface area contributed by atoms with Crippen molar-refractivity contribution in [2.24, 2.45) is 0 Å². The molecule has 3 aromatic heterocycles. The Balaban J connectivity index is 0.00000228. The number of aromatic amines is 2. The molecule has 6 heteroatoms. The summed E-state index contributed by atoms with van der Waals surface area (Å²) in [5, 5.41) is 10.0. The van der Waals surface area contributed by atoms with Crippen molar-refractivity contribution >= 4 is 45.4 Å². The molecular weight excluding hydrogens is 495 g/mol. The van der Waals surface area contributed by atoms with E-state index in [9.17, 15) is 5.26 Å². The van der Waals surface area contributed by atoms with E-state index in [4.69, 9.17) is 9.97 Å². The van der Waals surface area contributed by atoms with Crippen molar-refractivity contribution in [3.8, 4) is 6.07 Å². The molecule has 1 aromatic carbocycles. The van der Waals surface area contributed by atoms with Gasteiger partial charge in [0.25, 0.3) is 0 Å². The molecule has 0 unspecified atom stereocenters. The van der Waals surface area contributed by atoms with E-state index >= 15 is 0 Å². The van der Waals surface area contributed by atoms with E-state index in [-0.39, 0.29) is 19.5 Å². The topological polar surface area (TPSA) is 81.2 Å². The molecule has 2 N–H and O–H groups in total. The number of H-pyrrole nitrogens is 2. The predicted octanol–water partition coefficient (Wildman–Crippen LogP) is 5.97. The Morgan fingerprint density at radius 1 is 0.636 bits per heavy atom. The maximum Gasteiger partial charge on any atom is 0.102 e. The molecule has 158 valence electrons. The molecule has 6 rings (SSSR count). The van der Waals surface area contributed by atoms with Gasteiger partial charge in [-0.3, -0.25) is 0 Å². The first-order chi connectivity index (χ1) is 15.7. The maximum atomic E-state index is 10.0. The van der Waals surface area contributed by atoms with Gasteiger partial charge < -0.3 is 9.97 Å². The summed E-state index contributed by atoms with van der Waals surface area (Å²) in [6, 6.07) is 28.3. The average Bonchev–Trinajstić information content (AvgIpc) is 3.58. The number of rotatable bonds is 1. The van der Waals surface area contributed by atoms with Crippen molar-refractivity contribution in [2.45, 2.75) is 0 Å². The van der Waals surface area contributed by atoms with Gasteiger partial charge in [0.2, 0.25) is 0 Å². The van der Waals surface area contributed by atoms with Crippen molar-refractivity contribution in [2.75, 3.05) is 0 Å². The largest absolute Gasteiger partial charge is 0.355 e. The van der Waals surface area contributed by atoms with Crippen LogP contribution in [0.4, 0.5) is 0 Å². The molecule has 2 aliphatic rings. The fraction of sp³-hybridized carbons (Fsp3) is 0. The number of aromatic nitrogens is 4. The van der Waals surface area contributed by atoms with Gasteiger partial charge >= 0.3 is 0 Å². The first kappa shape index (κ1) is 20.8. The van der Waals surface area contributed by atoms with Gasteiger partial charge in [0.05, 0.1) is 28.3 Å². The Morgan fingerprint density at radius 3 is 1.91 bits per heavy atom. The Labute approximate surface area is 203 Å². The molecule has 5 heterocycles. The van der Waals surface area contributed by atoms with Crippen molar-refractivity contribution in [3.05, 3.63) is 107 Å². The molecule has 0 amide bonds. The van der Waals surface area contributed by atoms with Gasteiger partial charge in [-0.25, -0.2) is 9.97 Å². The van der Waals surface area contributed by atoms with Gasteiger partial charge in [-0.1, -0.05) is 30.3 Å². The van der Waals surface area contributed by atoms with Crippen LogP contribution in [0.25, 0.3) is 45.4 Å². The van der Waals surface area contributed by atoms with Crippen LogP contribution < -0.4 is 0 Å². The van der Waals surface area contributed by atoms with Crippen LogP contribution in [-0.4, -0.2) is 19.9 Å². The molecule has 0 radical (unpaired) electrons. The molecule has 4 aromatic rings. The van der Waals surface area contributed by atoms with Crippen LogP contribution >= 0.6 is 0 Å². The standard InChI is InChI=1S/C27H17N5.Ru/c28-16-24-25-14-22-10-8-20(30-22)12-18-6-7-19(29-18)13-21-9-11-23(31-21)15-26(32-25)27(24)17-4-2-1-3-5-17;/h1-15,29-30H;. The van der Waals surface area contributed by atoms with E-state index in [0.717, 1.165) is 50.3 Å². The van der Waals surface area contributed by atoms with Crippen molar-refractivity contribution in [1.82, 2.24) is 19.9 Å². The maximum absolute atomic E-state index is 10.0. The zero-order valence-corrected chi connectivity index (χ0v) is 19.1. The van der Waals surface area contributed by atoms with Crippen molar-refractivity contribution < 1.29 is 19.5 Å². The molecule has 8 bridgehead atoms. The van der Waals surface area contributed by atoms with Crippen LogP contribution in [-0.2, 0) is 19.5 Å². The zero-order chi connectivity index (χ0) is 21.5. The van der Waals surface area contributed by atoms with Gasteiger partial charge in [0.15, 0.2) is 0 Å².